The predicted octanol–water partition coefficient (Wildman–Crippen LogP) is 3.94. The molecule has 104 valence electrons. The molecule has 0 amide bonds. The molecule has 0 atom stereocenters. The van der Waals surface area contributed by atoms with E-state index in [0.29, 0.717) is 17.1 Å². The van der Waals surface area contributed by atoms with Crippen LogP contribution in [0.4, 0.5) is 0 Å². The van der Waals surface area contributed by atoms with Crippen molar-refractivity contribution in [1.29, 1.82) is 0 Å². The zero-order chi connectivity index (χ0) is 14.5. The van der Waals surface area contributed by atoms with Gasteiger partial charge in [-0.15, -0.1) is 0 Å². The zero-order valence-corrected chi connectivity index (χ0v) is 12.5. The SMILES string of the molecule is COc1cc(OC)cc(C(=O)Sc2ccc(C)cc2)c1. The third-order valence-electron chi connectivity index (χ3n) is 2.82. The van der Waals surface area contributed by atoms with Crippen molar-refractivity contribution in [1.82, 2.24) is 0 Å². The van der Waals surface area contributed by atoms with Crippen LogP contribution in [0.5, 0.6) is 11.5 Å². The van der Waals surface area contributed by atoms with E-state index < -0.39 is 0 Å². The molecule has 2 rings (SSSR count). The lowest BCUT2D eigenvalue weighted by molar-refractivity contribution is 0.108. The van der Waals surface area contributed by atoms with Crippen molar-refractivity contribution in [3.63, 3.8) is 0 Å². The predicted molar refractivity (Wildman–Crippen MR) is 80.9 cm³/mol. The molecule has 0 aliphatic heterocycles. The number of aryl methyl sites for hydroxylation is 1. The number of methoxy groups -OCH3 is 2. The van der Waals surface area contributed by atoms with Crippen LogP contribution in [0.15, 0.2) is 47.4 Å². The number of rotatable bonds is 4. The Labute approximate surface area is 122 Å². The lowest BCUT2D eigenvalue weighted by Crippen LogP contribution is -1.96. The number of thioether (sulfide) groups is 1. The van der Waals surface area contributed by atoms with E-state index in [1.807, 2.05) is 31.2 Å². The number of carbonyl (C=O) groups is 1. The van der Waals surface area contributed by atoms with Crippen molar-refractivity contribution in [2.75, 3.05) is 14.2 Å². The standard InChI is InChI=1S/C16H16O3S/c1-11-4-6-15(7-5-11)20-16(17)12-8-13(18-2)10-14(9-12)19-3/h4-10H,1-3H3. The topological polar surface area (TPSA) is 35.5 Å². The Morgan fingerprint density at radius 1 is 0.950 bits per heavy atom. The fourth-order valence-corrected chi connectivity index (χ4v) is 2.42. The molecule has 0 N–H and O–H groups in total. The summed E-state index contributed by atoms with van der Waals surface area (Å²) in [6.07, 6.45) is 0. The first-order valence-corrected chi connectivity index (χ1v) is 6.96. The van der Waals surface area contributed by atoms with Gasteiger partial charge < -0.3 is 9.47 Å². The monoisotopic (exact) mass is 288 g/mol. The molecule has 0 fully saturated rings. The second-order valence-corrected chi connectivity index (χ2v) is 5.35. The summed E-state index contributed by atoms with van der Waals surface area (Å²) in [4.78, 5) is 13.2. The van der Waals surface area contributed by atoms with Crippen molar-refractivity contribution < 1.29 is 14.3 Å². The highest BCUT2D eigenvalue weighted by atomic mass is 32.2. The number of benzene rings is 2. The third-order valence-corrected chi connectivity index (χ3v) is 3.75. The van der Waals surface area contributed by atoms with E-state index in [2.05, 4.69) is 0 Å². The summed E-state index contributed by atoms with van der Waals surface area (Å²) in [5.41, 5.74) is 1.73. The summed E-state index contributed by atoms with van der Waals surface area (Å²) in [6.45, 7) is 2.02. The average molecular weight is 288 g/mol. The number of hydrogen-bond donors (Lipinski definition) is 0. The Bertz CT molecular complexity index is 583. The number of ether oxygens (including phenoxy) is 2. The van der Waals surface area contributed by atoms with Crippen LogP contribution < -0.4 is 9.47 Å². The smallest absolute Gasteiger partial charge is 0.224 e. The van der Waals surface area contributed by atoms with Gasteiger partial charge in [-0.2, -0.15) is 0 Å². The van der Waals surface area contributed by atoms with E-state index in [9.17, 15) is 4.79 Å². The summed E-state index contributed by atoms with van der Waals surface area (Å²) >= 11 is 1.19. The summed E-state index contributed by atoms with van der Waals surface area (Å²) in [5, 5.41) is -0.0361. The second-order valence-electron chi connectivity index (χ2n) is 4.30. The molecule has 0 unspecified atom stereocenters. The van der Waals surface area contributed by atoms with E-state index in [4.69, 9.17) is 9.47 Å². The van der Waals surface area contributed by atoms with Gasteiger partial charge in [-0.25, -0.2) is 0 Å². The fourth-order valence-electron chi connectivity index (χ4n) is 1.70. The first-order valence-electron chi connectivity index (χ1n) is 6.14. The molecule has 3 nitrogen and oxygen atoms in total. The van der Waals surface area contributed by atoms with Crippen molar-refractivity contribution in [2.24, 2.45) is 0 Å². The molecule has 0 heterocycles. The zero-order valence-electron chi connectivity index (χ0n) is 11.7. The van der Waals surface area contributed by atoms with Gasteiger partial charge in [0, 0.05) is 16.5 Å². The average Bonchev–Trinajstić information content (AvgIpc) is 2.48. The maximum Gasteiger partial charge on any atom is 0.224 e. The Balaban J connectivity index is 2.22. The van der Waals surface area contributed by atoms with E-state index in [1.165, 1.54) is 17.3 Å². The molecule has 20 heavy (non-hydrogen) atoms. The summed E-state index contributed by atoms with van der Waals surface area (Å²) in [7, 11) is 3.13. The highest BCUT2D eigenvalue weighted by Gasteiger charge is 2.11. The van der Waals surface area contributed by atoms with Crippen LogP contribution in [-0.2, 0) is 0 Å². The van der Waals surface area contributed by atoms with Crippen LogP contribution in [0.1, 0.15) is 15.9 Å². The molecule has 0 bridgehead atoms. The molecule has 4 heteroatoms. The molecule has 0 aliphatic carbocycles. The molecule has 0 radical (unpaired) electrons. The quantitative estimate of drug-likeness (QED) is 0.798. The largest absolute Gasteiger partial charge is 0.497 e. The van der Waals surface area contributed by atoms with Crippen molar-refractivity contribution in [3.05, 3.63) is 53.6 Å². The van der Waals surface area contributed by atoms with Gasteiger partial charge in [0.2, 0.25) is 5.12 Å². The minimum Gasteiger partial charge on any atom is -0.497 e. The number of carbonyl (C=O) groups excluding carboxylic acids is 1. The van der Waals surface area contributed by atoms with E-state index in [-0.39, 0.29) is 5.12 Å². The Morgan fingerprint density at radius 2 is 1.50 bits per heavy atom. The molecule has 2 aromatic carbocycles. The van der Waals surface area contributed by atoms with Crippen molar-refractivity contribution >= 4 is 16.9 Å². The molecular weight excluding hydrogens is 272 g/mol. The molecule has 2 aromatic rings. The highest BCUT2D eigenvalue weighted by Crippen LogP contribution is 2.28. The molecular formula is C16H16O3S. The van der Waals surface area contributed by atoms with Gasteiger partial charge in [0.25, 0.3) is 0 Å². The van der Waals surface area contributed by atoms with Crippen molar-refractivity contribution in [2.45, 2.75) is 11.8 Å². The van der Waals surface area contributed by atoms with Gasteiger partial charge in [0.05, 0.1) is 14.2 Å². The lowest BCUT2D eigenvalue weighted by Gasteiger charge is -2.07. The molecule has 0 spiro atoms. The van der Waals surface area contributed by atoms with Crippen LogP contribution in [0, 0.1) is 6.92 Å². The minimum absolute atomic E-state index is 0.0361. The summed E-state index contributed by atoms with van der Waals surface area (Å²) in [5.74, 6) is 1.22. The van der Waals surface area contributed by atoms with Gasteiger partial charge in [0.15, 0.2) is 0 Å². The third kappa shape index (κ3) is 3.54. The Morgan fingerprint density at radius 3 is 2.00 bits per heavy atom. The van der Waals surface area contributed by atoms with Crippen LogP contribution in [-0.4, -0.2) is 19.3 Å². The first kappa shape index (κ1) is 14.5. The Kier molecular flexibility index (Phi) is 4.69. The molecule has 0 saturated heterocycles. The Hall–Kier alpha value is -1.94. The molecule has 0 aliphatic rings. The van der Waals surface area contributed by atoms with Gasteiger partial charge in [-0.05, 0) is 43.0 Å². The van der Waals surface area contributed by atoms with Crippen LogP contribution in [0.25, 0.3) is 0 Å². The van der Waals surface area contributed by atoms with E-state index in [1.54, 1.807) is 32.4 Å². The first-order chi connectivity index (χ1) is 9.62. The van der Waals surface area contributed by atoms with Crippen LogP contribution in [0.2, 0.25) is 0 Å². The van der Waals surface area contributed by atoms with Gasteiger partial charge in [0.1, 0.15) is 11.5 Å². The van der Waals surface area contributed by atoms with Gasteiger partial charge in [-0.3, -0.25) is 4.79 Å². The lowest BCUT2D eigenvalue weighted by atomic mass is 10.2. The van der Waals surface area contributed by atoms with Crippen LogP contribution >= 0.6 is 11.8 Å². The van der Waals surface area contributed by atoms with Gasteiger partial charge in [-0.1, -0.05) is 17.7 Å². The number of hydrogen-bond acceptors (Lipinski definition) is 4. The second kappa shape index (κ2) is 6.48. The maximum atomic E-state index is 12.3. The molecule has 0 saturated carbocycles. The minimum atomic E-state index is -0.0361. The van der Waals surface area contributed by atoms with E-state index >= 15 is 0 Å². The van der Waals surface area contributed by atoms with Crippen molar-refractivity contribution in [3.8, 4) is 11.5 Å². The molecule has 0 aromatic heterocycles. The maximum absolute atomic E-state index is 12.3. The fraction of sp³-hybridized carbons (Fsp3) is 0.188. The highest BCUT2D eigenvalue weighted by molar-refractivity contribution is 8.14. The van der Waals surface area contributed by atoms with Gasteiger partial charge >= 0.3 is 0 Å². The normalized spacial score (nSPS) is 10.2. The van der Waals surface area contributed by atoms with E-state index in [0.717, 1.165) is 4.90 Å². The summed E-state index contributed by atoms with van der Waals surface area (Å²) < 4.78 is 10.3. The van der Waals surface area contributed by atoms with Crippen LogP contribution in [0.3, 0.4) is 0 Å². The summed E-state index contributed by atoms with van der Waals surface area (Å²) in [6, 6.07) is 13.0.